The van der Waals surface area contributed by atoms with Crippen molar-refractivity contribution in [2.75, 3.05) is 19.5 Å². The zero-order valence-electron chi connectivity index (χ0n) is 13.1. The van der Waals surface area contributed by atoms with E-state index < -0.39 is 27.3 Å². The van der Waals surface area contributed by atoms with Gasteiger partial charge in [0, 0.05) is 19.1 Å². The predicted molar refractivity (Wildman–Crippen MR) is 82.6 cm³/mol. The molecule has 1 saturated heterocycles. The monoisotopic (exact) mass is 342 g/mol. The van der Waals surface area contributed by atoms with Crippen LogP contribution in [0.2, 0.25) is 0 Å². The lowest BCUT2D eigenvalue weighted by atomic mass is 9.76. The molecule has 0 amide bonds. The van der Waals surface area contributed by atoms with Crippen LogP contribution < -0.4 is 0 Å². The number of rotatable bonds is 3. The van der Waals surface area contributed by atoms with E-state index in [-0.39, 0.29) is 4.90 Å². The van der Waals surface area contributed by atoms with Gasteiger partial charge in [-0.25, -0.2) is 8.42 Å². The van der Waals surface area contributed by atoms with Crippen LogP contribution >= 0.6 is 0 Å². The van der Waals surface area contributed by atoms with E-state index in [9.17, 15) is 18.6 Å². The quantitative estimate of drug-likeness (QED) is 0.857. The van der Waals surface area contributed by atoms with Crippen molar-refractivity contribution in [3.05, 3.63) is 29.8 Å². The maximum atomic E-state index is 11.5. The molecule has 128 valence electrons. The van der Waals surface area contributed by atoms with Gasteiger partial charge in [0.2, 0.25) is 0 Å². The fourth-order valence-electron chi connectivity index (χ4n) is 3.33. The number of hydrogen-bond acceptors (Lipinski definition) is 6. The number of aliphatic hydroxyl groups excluding tert-OH is 1. The second kappa shape index (κ2) is 5.82. The fourth-order valence-corrected chi connectivity index (χ4v) is 3.96. The molecule has 1 aromatic carbocycles. The molecule has 2 N–H and O–H groups in total. The molecule has 1 spiro atoms. The Labute approximate surface area is 136 Å². The molecule has 1 heterocycles. The summed E-state index contributed by atoms with van der Waals surface area (Å²) in [6.45, 7) is 1.13. The van der Waals surface area contributed by atoms with Crippen molar-refractivity contribution in [1.82, 2.24) is 0 Å². The van der Waals surface area contributed by atoms with Crippen molar-refractivity contribution in [3.8, 4) is 0 Å². The second-order valence-electron chi connectivity index (χ2n) is 6.45. The zero-order valence-corrected chi connectivity index (χ0v) is 13.9. The normalized spacial score (nSPS) is 24.7. The molecule has 3 rings (SSSR count). The molecule has 6 nitrogen and oxygen atoms in total. The average Bonchev–Trinajstić information content (AvgIpc) is 2.98. The Kier molecular flexibility index (Phi) is 4.27. The highest BCUT2D eigenvalue weighted by Gasteiger charge is 2.48. The van der Waals surface area contributed by atoms with E-state index in [0.717, 1.165) is 6.26 Å². The Morgan fingerprint density at radius 2 is 1.57 bits per heavy atom. The van der Waals surface area contributed by atoms with Crippen LogP contribution in [0, 0.1) is 0 Å². The summed E-state index contributed by atoms with van der Waals surface area (Å²) in [6, 6.07) is 5.99. The first-order valence-corrected chi connectivity index (χ1v) is 9.62. The van der Waals surface area contributed by atoms with E-state index in [1.165, 1.54) is 12.1 Å². The van der Waals surface area contributed by atoms with E-state index in [1.54, 1.807) is 12.1 Å². The summed E-state index contributed by atoms with van der Waals surface area (Å²) in [5.74, 6) is -0.605. The number of hydrogen-bond donors (Lipinski definition) is 2. The minimum absolute atomic E-state index is 0.191. The molecule has 0 radical (unpaired) electrons. The lowest BCUT2D eigenvalue weighted by molar-refractivity contribution is -0.217. The summed E-state index contributed by atoms with van der Waals surface area (Å²) in [5, 5.41) is 21.3. The minimum atomic E-state index is -3.28. The van der Waals surface area contributed by atoms with Gasteiger partial charge in [-0.05, 0) is 30.5 Å². The van der Waals surface area contributed by atoms with Gasteiger partial charge in [-0.2, -0.15) is 0 Å². The average molecular weight is 342 g/mol. The van der Waals surface area contributed by atoms with Gasteiger partial charge >= 0.3 is 0 Å². The molecule has 1 unspecified atom stereocenters. The summed E-state index contributed by atoms with van der Waals surface area (Å²) in [6.07, 6.45) is 1.84. The van der Waals surface area contributed by atoms with Gasteiger partial charge in [-0.1, -0.05) is 12.1 Å². The molecule has 1 saturated carbocycles. The van der Waals surface area contributed by atoms with Crippen molar-refractivity contribution >= 4 is 9.84 Å². The minimum Gasteiger partial charge on any atom is -0.387 e. The van der Waals surface area contributed by atoms with Crippen molar-refractivity contribution in [2.24, 2.45) is 0 Å². The number of sulfone groups is 1. The molecule has 0 bridgehead atoms. The molecule has 2 fully saturated rings. The van der Waals surface area contributed by atoms with E-state index in [4.69, 9.17) is 9.47 Å². The van der Waals surface area contributed by atoms with E-state index >= 15 is 0 Å². The third-order valence-electron chi connectivity index (χ3n) is 4.82. The highest BCUT2D eigenvalue weighted by molar-refractivity contribution is 7.90. The van der Waals surface area contributed by atoms with E-state index in [1.807, 2.05) is 0 Å². The van der Waals surface area contributed by atoms with Crippen LogP contribution in [-0.4, -0.2) is 49.5 Å². The summed E-state index contributed by atoms with van der Waals surface area (Å²) >= 11 is 0. The van der Waals surface area contributed by atoms with Gasteiger partial charge < -0.3 is 19.7 Å². The molecule has 1 aliphatic carbocycles. The molecular formula is C16H22O6S. The molecule has 1 aromatic rings. The maximum Gasteiger partial charge on any atom is 0.175 e. The topological polar surface area (TPSA) is 93.1 Å². The molecular weight excluding hydrogens is 320 g/mol. The Hall–Kier alpha value is -0.990. The third-order valence-corrected chi connectivity index (χ3v) is 5.95. The summed E-state index contributed by atoms with van der Waals surface area (Å²) in [5.41, 5.74) is -0.753. The first-order chi connectivity index (χ1) is 10.7. The van der Waals surface area contributed by atoms with Crippen LogP contribution in [0.1, 0.15) is 37.4 Å². The predicted octanol–water partition coefficient (Wildman–Crippen LogP) is 1.17. The van der Waals surface area contributed by atoms with Crippen LogP contribution in [0.25, 0.3) is 0 Å². The largest absolute Gasteiger partial charge is 0.387 e. The highest BCUT2D eigenvalue weighted by atomic mass is 32.2. The fraction of sp³-hybridized carbons (Fsp3) is 0.625. The first-order valence-electron chi connectivity index (χ1n) is 7.73. The second-order valence-corrected chi connectivity index (χ2v) is 8.47. The maximum absolute atomic E-state index is 11.5. The number of aliphatic hydroxyl groups is 2. The van der Waals surface area contributed by atoms with Crippen molar-refractivity contribution < 1.29 is 28.1 Å². The Morgan fingerprint density at radius 1 is 1.04 bits per heavy atom. The smallest absolute Gasteiger partial charge is 0.175 e. The van der Waals surface area contributed by atoms with Gasteiger partial charge in [-0.15, -0.1) is 0 Å². The number of ether oxygens (including phenoxy) is 2. The molecule has 2 aliphatic rings. The van der Waals surface area contributed by atoms with Crippen LogP contribution in [0.4, 0.5) is 0 Å². The van der Waals surface area contributed by atoms with Gasteiger partial charge in [-0.3, -0.25) is 0 Å². The van der Waals surface area contributed by atoms with Gasteiger partial charge in [0.15, 0.2) is 15.6 Å². The lowest BCUT2D eigenvalue weighted by Crippen LogP contribution is -2.46. The molecule has 1 aliphatic heterocycles. The number of benzene rings is 1. The van der Waals surface area contributed by atoms with Crippen molar-refractivity contribution in [2.45, 2.75) is 48.1 Å². The van der Waals surface area contributed by atoms with Crippen LogP contribution in [0.3, 0.4) is 0 Å². The van der Waals surface area contributed by atoms with Crippen LogP contribution in [-0.2, 0) is 19.3 Å². The van der Waals surface area contributed by atoms with Crippen molar-refractivity contribution in [3.63, 3.8) is 0 Å². The molecule has 23 heavy (non-hydrogen) atoms. The summed E-state index contributed by atoms with van der Waals surface area (Å²) in [4.78, 5) is 0.191. The Morgan fingerprint density at radius 3 is 2.04 bits per heavy atom. The Bertz CT molecular complexity index is 650. The summed E-state index contributed by atoms with van der Waals surface area (Å²) in [7, 11) is -3.28. The van der Waals surface area contributed by atoms with Crippen LogP contribution in [0.5, 0.6) is 0 Å². The first kappa shape index (κ1) is 16.9. The zero-order chi connectivity index (χ0) is 16.7. The summed E-state index contributed by atoms with van der Waals surface area (Å²) < 4.78 is 34.2. The highest BCUT2D eigenvalue weighted by Crippen LogP contribution is 2.45. The van der Waals surface area contributed by atoms with E-state index in [0.29, 0.717) is 44.5 Å². The van der Waals surface area contributed by atoms with Crippen LogP contribution in [0.15, 0.2) is 29.2 Å². The van der Waals surface area contributed by atoms with E-state index in [2.05, 4.69) is 0 Å². The molecule has 7 heteroatoms. The van der Waals surface area contributed by atoms with Gasteiger partial charge in [0.05, 0.1) is 23.7 Å². The molecule has 1 atom stereocenters. The molecule has 0 aromatic heterocycles. The van der Waals surface area contributed by atoms with Gasteiger partial charge in [0.1, 0.15) is 6.10 Å². The Balaban J connectivity index is 1.73. The van der Waals surface area contributed by atoms with Crippen molar-refractivity contribution in [1.29, 1.82) is 0 Å². The van der Waals surface area contributed by atoms with Gasteiger partial charge in [0.25, 0.3) is 0 Å². The lowest BCUT2D eigenvalue weighted by Gasteiger charge is -2.42. The SMILES string of the molecule is CS(=O)(=O)c1ccc(C(O)C2(O)CCC3(CC2)OCCO3)cc1. The standard InChI is InChI=1S/C16H22O6S/c1-23(19,20)13-4-2-12(3-5-13)14(17)15(18)6-8-16(9-7-15)21-10-11-22-16/h2-5,14,17-18H,6-11H2,1H3. The third kappa shape index (κ3) is 3.29.